The van der Waals surface area contributed by atoms with Crippen LogP contribution in [0, 0.1) is 0 Å². The average molecular weight is 306 g/mol. The number of ether oxygens (including phenoxy) is 1. The summed E-state index contributed by atoms with van der Waals surface area (Å²) in [7, 11) is 2.13. The van der Waals surface area contributed by atoms with E-state index < -0.39 is 0 Å². The Morgan fingerprint density at radius 3 is 2.39 bits per heavy atom. The normalized spacial score (nSPS) is 17.4. The molecular formula is C20H22N2O. The van der Waals surface area contributed by atoms with E-state index in [9.17, 15) is 0 Å². The van der Waals surface area contributed by atoms with Crippen LogP contribution in [0.3, 0.4) is 0 Å². The number of aromatic nitrogens is 1. The summed E-state index contributed by atoms with van der Waals surface area (Å²) < 4.78 is 7.80. The molecule has 1 saturated heterocycles. The third kappa shape index (κ3) is 2.67. The Bertz CT molecular complexity index is 788. The Morgan fingerprint density at radius 1 is 0.913 bits per heavy atom. The molecule has 4 rings (SSSR count). The third-order valence-electron chi connectivity index (χ3n) is 4.75. The highest BCUT2D eigenvalue weighted by Gasteiger charge is 2.26. The molecule has 0 aliphatic carbocycles. The zero-order valence-corrected chi connectivity index (χ0v) is 13.5. The zero-order valence-electron chi connectivity index (χ0n) is 13.5. The summed E-state index contributed by atoms with van der Waals surface area (Å²) in [6.07, 6.45) is 2.29. The van der Waals surface area contributed by atoms with Crippen LogP contribution in [-0.2, 0) is 11.8 Å². The van der Waals surface area contributed by atoms with Gasteiger partial charge in [-0.1, -0.05) is 48.5 Å². The number of aryl methyl sites for hydroxylation is 1. The van der Waals surface area contributed by atoms with E-state index in [0.717, 1.165) is 26.3 Å². The Kier molecular flexibility index (Phi) is 3.90. The van der Waals surface area contributed by atoms with Crippen LogP contribution in [0.25, 0.3) is 10.9 Å². The van der Waals surface area contributed by atoms with Crippen LogP contribution >= 0.6 is 0 Å². The fourth-order valence-corrected chi connectivity index (χ4v) is 3.65. The fourth-order valence-electron chi connectivity index (χ4n) is 3.65. The molecule has 1 unspecified atom stereocenters. The maximum Gasteiger partial charge on any atom is 0.0624 e. The Hall–Kier alpha value is -2.10. The molecule has 1 aliphatic heterocycles. The van der Waals surface area contributed by atoms with Crippen molar-refractivity contribution in [1.29, 1.82) is 0 Å². The molecule has 3 heteroatoms. The molecule has 23 heavy (non-hydrogen) atoms. The van der Waals surface area contributed by atoms with Crippen LogP contribution in [0.15, 0.2) is 60.8 Å². The van der Waals surface area contributed by atoms with Crippen molar-refractivity contribution in [2.75, 3.05) is 26.3 Å². The van der Waals surface area contributed by atoms with E-state index in [1.807, 2.05) is 0 Å². The largest absolute Gasteiger partial charge is 0.379 e. The highest BCUT2D eigenvalue weighted by Crippen LogP contribution is 2.34. The highest BCUT2D eigenvalue weighted by molar-refractivity contribution is 5.84. The molecule has 0 spiro atoms. The molecule has 1 aromatic heterocycles. The summed E-state index contributed by atoms with van der Waals surface area (Å²) in [5, 5.41) is 1.34. The summed E-state index contributed by atoms with van der Waals surface area (Å²) >= 11 is 0. The van der Waals surface area contributed by atoms with Gasteiger partial charge in [0.2, 0.25) is 0 Å². The molecule has 3 nitrogen and oxygen atoms in total. The maximum atomic E-state index is 5.57. The Labute approximate surface area is 137 Å². The van der Waals surface area contributed by atoms with E-state index in [1.165, 1.54) is 22.0 Å². The molecule has 3 aromatic rings. The minimum absolute atomic E-state index is 0.284. The number of para-hydroxylation sites is 1. The van der Waals surface area contributed by atoms with Crippen molar-refractivity contribution in [2.45, 2.75) is 6.04 Å². The number of hydrogen-bond donors (Lipinski definition) is 0. The summed E-state index contributed by atoms with van der Waals surface area (Å²) in [6, 6.07) is 19.8. The molecule has 1 aliphatic rings. The van der Waals surface area contributed by atoms with Gasteiger partial charge in [-0.05, 0) is 17.2 Å². The van der Waals surface area contributed by atoms with Crippen LogP contribution in [-0.4, -0.2) is 35.8 Å². The molecule has 2 aromatic carbocycles. The highest BCUT2D eigenvalue weighted by atomic mass is 16.5. The fraction of sp³-hybridized carbons (Fsp3) is 0.300. The maximum absolute atomic E-state index is 5.57. The van der Waals surface area contributed by atoms with Crippen LogP contribution in [0.4, 0.5) is 0 Å². The standard InChI is InChI=1S/C20H22N2O/c1-21-15-18(17-9-5-6-10-19(17)21)20(16-7-3-2-4-8-16)22-11-13-23-14-12-22/h2-10,15,20H,11-14H2,1H3. The van der Waals surface area contributed by atoms with Crippen LogP contribution in [0.2, 0.25) is 0 Å². The van der Waals surface area contributed by atoms with Crippen LogP contribution in [0.5, 0.6) is 0 Å². The summed E-state index contributed by atoms with van der Waals surface area (Å²) in [5.74, 6) is 0. The van der Waals surface area contributed by atoms with E-state index >= 15 is 0 Å². The van der Waals surface area contributed by atoms with Crippen molar-refractivity contribution in [3.8, 4) is 0 Å². The Balaban J connectivity index is 1.86. The topological polar surface area (TPSA) is 17.4 Å². The minimum atomic E-state index is 0.284. The van der Waals surface area contributed by atoms with Gasteiger partial charge in [0, 0.05) is 37.2 Å². The van der Waals surface area contributed by atoms with Gasteiger partial charge in [0.25, 0.3) is 0 Å². The number of hydrogen-bond acceptors (Lipinski definition) is 2. The van der Waals surface area contributed by atoms with Gasteiger partial charge < -0.3 is 9.30 Å². The Morgan fingerprint density at radius 2 is 1.61 bits per heavy atom. The lowest BCUT2D eigenvalue weighted by molar-refractivity contribution is 0.0242. The second-order valence-corrected chi connectivity index (χ2v) is 6.17. The monoisotopic (exact) mass is 306 g/mol. The predicted molar refractivity (Wildman–Crippen MR) is 93.6 cm³/mol. The molecule has 0 N–H and O–H groups in total. The summed E-state index contributed by atoms with van der Waals surface area (Å²) in [6.45, 7) is 3.58. The van der Waals surface area contributed by atoms with Gasteiger partial charge >= 0.3 is 0 Å². The number of benzene rings is 2. The molecule has 0 saturated carbocycles. The molecule has 0 radical (unpaired) electrons. The van der Waals surface area contributed by atoms with Gasteiger partial charge in [-0.2, -0.15) is 0 Å². The number of fused-ring (bicyclic) bond motifs is 1. The molecule has 2 heterocycles. The SMILES string of the molecule is Cn1cc(C(c2ccccc2)N2CCOCC2)c2ccccc21. The smallest absolute Gasteiger partial charge is 0.0624 e. The first-order valence-electron chi connectivity index (χ1n) is 8.25. The van der Waals surface area contributed by atoms with E-state index in [-0.39, 0.29) is 6.04 Å². The van der Waals surface area contributed by atoms with Gasteiger partial charge in [0.1, 0.15) is 0 Å². The lowest BCUT2D eigenvalue weighted by Gasteiger charge is -2.34. The third-order valence-corrected chi connectivity index (χ3v) is 4.75. The second kappa shape index (κ2) is 6.19. The molecular weight excluding hydrogens is 284 g/mol. The average Bonchev–Trinajstić information content (AvgIpc) is 2.94. The number of rotatable bonds is 3. The van der Waals surface area contributed by atoms with Crippen LogP contribution < -0.4 is 0 Å². The zero-order chi connectivity index (χ0) is 15.6. The molecule has 118 valence electrons. The molecule has 0 bridgehead atoms. The van der Waals surface area contributed by atoms with E-state index in [0.29, 0.717) is 0 Å². The molecule has 0 amide bonds. The second-order valence-electron chi connectivity index (χ2n) is 6.17. The first-order chi connectivity index (χ1) is 11.3. The summed E-state index contributed by atoms with van der Waals surface area (Å²) in [5.41, 5.74) is 4.03. The van der Waals surface area contributed by atoms with Crippen molar-refractivity contribution in [3.05, 3.63) is 71.9 Å². The number of morpholine rings is 1. The van der Waals surface area contributed by atoms with E-state index in [1.54, 1.807) is 0 Å². The van der Waals surface area contributed by atoms with Gasteiger partial charge in [-0.15, -0.1) is 0 Å². The van der Waals surface area contributed by atoms with Crippen molar-refractivity contribution in [2.24, 2.45) is 7.05 Å². The quantitative estimate of drug-likeness (QED) is 0.735. The van der Waals surface area contributed by atoms with E-state index in [2.05, 4.69) is 77.3 Å². The predicted octanol–water partition coefficient (Wildman–Crippen LogP) is 3.60. The van der Waals surface area contributed by atoms with Gasteiger partial charge in [-0.25, -0.2) is 0 Å². The summed E-state index contributed by atoms with van der Waals surface area (Å²) in [4.78, 5) is 2.54. The molecule has 1 atom stereocenters. The van der Waals surface area contributed by atoms with Gasteiger partial charge in [0.05, 0.1) is 19.3 Å². The lowest BCUT2D eigenvalue weighted by atomic mass is 9.96. The van der Waals surface area contributed by atoms with Crippen molar-refractivity contribution < 1.29 is 4.74 Å². The van der Waals surface area contributed by atoms with E-state index in [4.69, 9.17) is 4.74 Å². The minimum Gasteiger partial charge on any atom is -0.379 e. The van der Waals surface area contributed by atoms with Crippen molar-refractivity contribution in [1.82, 2.24) is 9.47 Å². The van der Waals surface area contributed by atoms with Gasteiger partial charge in [0.15, 0.2) is 0 Å². The van der Waals surface area contributed by atoms with Crippen LogP contribution in [0.1, 0.15) is 17.2 Å². The first-order valence-corrected chi connectivity index (χ1v) is 8.25. The van der Waals surface area contributed by atoms with Crippen molar-refractivity contribution >= 4 is 10.9 Å². The first kappa shape index (κ1) is 14.5. The lowest BCUT2D eigenvalue weighted by Crippen LogP contribution is -2.39. The van der Waals surface area contributed by atoms with Crippen molar-refractivity contribution in [3.63, 3.8) is 0 Å². The molecule has 1 fully saturated rings. The van der Waals surface area contributed by atoms with Gasteiger partial charge in [-0.3, -0.25) is 4.90 Å². The number of nitrogens with zero attached hydrogens (tertiary/aromatic N) is 2.